The number of nitrogens with zero attached hydrogens (tertiary/aromatic N) is 3. The molecule has 1 aromatic heterocycles. The maximum atomic E-state index is 12.7. The van der Waals surface area contributed by atoms with Crippen LogP contribution in [0.25, 0.3) is 10.9 Å². The van der Waals surface area contributed by atoms with Crippen molar-refractivity contribution in [1.29, 1.82) is 5.26 Å². The number of nitriles is 1. The molecule has 8 nitrogen and oxygen atoms in total. The van der Waals surface area contributed by atoms with Crippen molar-refractivity contribution in [2.45, 2.75) is 26.4 Å². The number of fused-ring (bicyclic) bond motifs is 1. The highest BCUT2D eigenvalue weighted by Gasteiger charge is 2.25. The van der Waals surface area contributed by atoms with Gasteiger partial charge in [-0.05, 0) is 45.2 Å². The first kappa shape index (κ1) is 20.3. The topological polar surface area (TPSA) is 106 Å². The Morgan fingerprint density at radius 2 is 2.00 bits per heavy atom. The molecule has 0 atom stereocenters. The quantitative estimate of drug-likeness (QED) is 0.275. The first-order chi connectivity index (χ1) is 12.7. The average Bonchev–Trinajstić information content (AvgIpc) is 2.98. The van der Waals surface area contributed by atoms with E-state index in [0.717, 1.165) is 0 Å². The summed E-state index contributed by atoms with van der Waals surface area (Å²) in [6.07, 6.45) is 2.90. The third-order valence-corrected chi connectivity index (χ3v) is 3.93. The fourth-order valence-electron chi connectivity index (χ4n) is 2.31. The second-order valence-electron chi connectivity index (χ2n) is 6.44. The van der Waals surface area contributed by atoms with E-state index in [0.29, 0.717) is 21.8 Å². The van der Waals surface area contributed by atoms with Crippen molar-refractivity contribution >= 4 is 45.6 Å². The molecule has 0 fully saturated rings. The Morgan fingerprint density at radius 3 is 2.56 bits per heavy atom. The Balaban J connectivity index is 2.64. The number of aromatic nitrogens is 1. The molecule has 0 aliphatic heterocycles. The predicted octanol–water partition coefficient (Wildman–Crippen LogP) is 3.63. The van der Waals surface area contributed by atoms with E-state index in [-0.39, 0.29) is 5.69 Å². The van der Waals surface area contributed by atoms with Gasteiger partial charge in [-0.1, -0.05) is 17.8 Å². The average molecular weight is 388 g/mol. The second-order valence-corrected chi connectivity index (χ2v) is 7.23. The van der Waals surface area contributed by atoms with E-state index in [1.807, 2.05) is 6.19 Å². The molecule has 0 aliphatic carbocycles. The van der Waals surface area contributed by atoms with E-state index < -0.39 is 17.7 Å². The third kappa shape index (κ3) is 4.80. The number of nitrogens with one attached hydrogen (secondary N) is 1. The van der Waals surface area contributed by atoms with Gasteiger partial charge in [-0.25, -0.2) is 19.1 Å². The summed E-state index contributed by atoms with van der Waals surface area (Å²) in [7, 11) is 1.24. The van der Waals surface area contributed by atoms with Gasteiger partial charge in [-0.3, -0.25) is 5.32 Å². The van der Waals surface area contributed by atoms with Crippen LogP contribution in [0, 0.1) is 11.5 Å². The van der Waals surface area contributed by atoms with Crippen molar-refractivity contribution in [3.05, 3.63) is 30.0 Å². The lowest BCUT2D eigenvalue weighted by Crippen LogP contribution is -2.29. The summed E-state index contributed by atoms with van der Waals surface area (Å²) in [4.78, 5) is 29.2. The number of hydrogen-bond acceptors (Lipinski definition) is 7. The van der Waals surface area contributed by atoms with Crippen LogP contribution in [0.4, 0.5) is 10.5 Å². The van der Waals surface area contributed by atoms with Gasteiger partial charge in [0.1, 0.15) is 11.3 Å². The Kier molecular flexibility index (Phi) is 6.13. The molecule has 1 aromatic carbocycles. The smallest absolute Gasteiger partial charge is 0.419 e. The third-order valence-electron chi connectivity index (χ3n) is 3.35. The van der Waals surface area contributed by atoms with Crippen LogP contribution in [0.5, 0.6) is 0 Å². The summed E-state index contributed by atoms with van der Waals surface area (Å²) < 4.78 is 11.4. The van der Waals surface area contributed by atoms with Crippen LogP contribution >= 0.6 is 11.8 Å². The molecule has 0 spiro atoms. The van der Waals surface area contributed by atoms with E-state index in [9.17, 15) is 9.59 Å². The number of thioether (sulfide) groups is 1. The standard InChI is InChI=1S/C18H20N4O4S/c1-18(2,3)26-17(24)22-13-9-12(21-16(27-5)20-10-19)7-6-11(13)8-14(22)15(23)25-4/h6-9H,1-5H3,(H,20,21). The fourth-order valence-corrected chi connectivity index (χ4v) is 2.65. The Morgan fingerprint density at radius 1 is 1.30 bits per heavy atom. The first-order valence-electron chi connectivity index (χ1n) is 7.95. The summed E-state index contributed by atoms with van der Waals surface area (Å²) >= 11 is 1.27. The molecule has 0 bridgehead atoms. The lowest BCUT2D eigenvalue weighted by molar-refractivity contribution is 0.0490. The molecule has 0 saturated carbocycles. The number of esters is 1. The molecule has 0 amide bonds. The van der Waals surface area contributed by atoms with Crippen molar-refractivity contribution in [1.82, 2.24) is 9.88 Å². The number of methoxy groups -OCH3 is 1. The van der Waals surface area contributed by atoms with Crippen LogP contribution in [0.1, 0.15) is 31.3 Å². The minimum absolute atomic E-state index is 0.0584. The van der Waals surface area contributed by atoms with E-state index in [2.05, 4.69) is 10.3 Å². The number of ether oxygens (including phenoxy) is 2. The highest BCUT2D eigenvalue weighted by atomic mass is 32.2. The molecule has 0 radical (unpaired) electrons. The van der Waals surface area contributed by atoms with Crippen molar-refractivity contribution in [2.75, 3.05) is 13.4 Å². The maximum absolute atomic E-state index is 12.7. The monoisotopic (exact) mass is 388 g/mol. The molecule has 142 valence electrons. The molecule has 2 aromatic rings. The van der Waals surface area contributed by atoms with Crippen LogP contribution in [0.15, 0.2) is 29.3 Å². The number of aliphatic imine (C=N–C) groups is 1. The summed E-state index contributed by atoms with van der Waals surface area (Å²) in [5.41, 5.74) is 0.278. The van der Waals surface area contributed by atoms with Gasteiger partial charge in [0.05, 0.1) is 18.3 Å². The number of carbonyl (C=O) groups is 2. The number of rotatable bonds is 2. The normalized spacial score (nSPS) is 11.8. The minimum Gasteiger partial charge on any atom is -0.464 e. The molecule has 0 aliphatic rings. The maximum Gasteiger partial charge on any atom is 0.419 e. The summed E-state index contributed by atoms with van der Waals surface area (Å²) in [5.74, 6) is -0.655. The first-order valence-corrected chi connectivity index (χ1v) is 9.17. The molecule has 2 rings (SSSR count). The molecular formula is C18H20N4O4S. The zero-order valence-corrected chi connectivity index (χ0v) is 16.5. The van der Waals surface area contributed by atoms with Gasteiger partial charge in [-0.15, -0.1) is 0 Å². The van der Waals surface area contributed by atoms with E-state index in [4.69, 9.17) is 14.7 Å². The summed E-state index contributed by atoms with van der Waals surface area (Å²) in [6.45, 7) is 5.22. The molecule has 27 heavy (non-hydrogen) atoms. The van der Waals surface area contributed by atoms with E-state index in [1.54, 1.807) is 51.3 Å². The van der Waals surface area contributed by atoms with E-state index >= 15 is 0 Å². The van der Waals surface area contributed by atoms with Crippen molar-refractivity contribution in [3.63, 3.8) is 0 Å². The van der Waals surface area contributed by atoms with Gasteiger partial charge in [0.15, 0.2) is 11.4 Å². The number of amidine groups is 1. The Labute approximate surface area is 161 Å². The number of carbonyl (C=O) groups excluding carboxylic acids is 2. The number of hydrogen-bond donors (Lipinski definition) is 1. The summed E-state index contributed by atoms with van der Waals surface area (Å²) in [6, 6.07) is 6.65. The molecular weight excluding hydrogens is 368 g/mol. The fraction of sp³-hybridized carbons (Fsp3) is 0.333. The van der Waals surface area contributed by atoms with Crippen molar-refractivity contribution in [2.24, 2.45) is 4.99 Å². The Bertz CT molecular complexity index is 951. The lowest BCUT2D eigenvalue weighted by Gasteiger charge is -2.20. The molecule has 9 heteroatoms. The number of benzene rings is 1. The van der Waals surface area contributed by atoms with Gasteiger partial charge in [0.2, 0.25) is 0 Å². The largest absolute Gasteiger partial charge is 0.464 e. The minimum atomic E-state index is -0.737. The molecule has 1 heterocycles. The second kappa shape index (κ2) is 8.14. The molecule has 1 N–H and O–H groups in total. The van der Waals surface area contributed by atoms with Gasteiger partial charge in [-0.2, -0.15) is 5.26 Å². The van der Waals surface area contributed by atoms with E-state index in [1.165, 1.54) is 23.4 Å². The van der Waals surface area contributed by atoms with Crippen LogP contribution in [-0.4, -0.2) is 40.8 Å². The zero-order valence-electron chi connectivity index (χ0n) is 15.7. The van der Waals surface area contributed by atoms with Crippen LogP contribution in [-0.2, 0) is 9.47 Å². The van der Waals surface area contributed by atoms with Gasteiger partial charge in [0, 0.05) is 5.39 Å². The highest BCUT2D eigenvalue weighted by Crippen LogP contribution is 2.27. The molecule has 0 saturated heterocycles. The molecule has 0 unspecified atom stereocenters. The zero-order chi connectivity index (χ0) is 20.2. The van der Waals surface area contributed by atoms with Gasteiger partial charge < -0.3 is 9.47 Å². The van der Waals surface area contributed by atoms with Gasteiger partial charge >= 0.3 is 12.1 Å². The van der Waals surface area contributed by atoms with Crippen molar-refractivity contribution < 1.29 is 19.1 Å². The van der Waals surface area contributed by atoms with Gasteiger partial charge in [0.25, 0.3) is 0 Å². The van der Waals surface area contributed by atoms with Crippen LogP contribution < -0.4 is 5.32 Å². The van der Waals surface area contributed by atoms with Crippen LogP contribution in [0.3, 0.4) is 0 Å². The SMILES string of the molecule is COC(=O)c1cc2ccc(N=C(NC#N)SC)cc2n1C(=O)OC(C)(C)C. The lowest BCUT2D eigenvalue weighted by atomic mass is 10.2. The highest BCUT2D eigenvalue weighted by molar-refractivity contribution is 8.13. The summed E-state index contributed by atoms with van der Waals surface area (Å²) in [5, 5.41) is 12.3. The van der Waals surface area contributed by atoms with Crippen LogP contribution in [0.2, 0.25) is 0 Å². The predicted molar refractivity (Wildman–Crippen MR) is 104 cm³/mol. The Hall–Kier alpha value is -2.99. The van der Waals surface area contributed by atoms with Crippen molar-refractivity contribution in [3.8, 4) is 6.19 Å².